The predicted octanol–water partition coefficient (Wildman–Crippen LogP) is 0.972. The quantitative estimate of drug-likeness (QED) is 0.202. The molecular formula is C31H45N5O5. The highest BCUT2D eigenvalue weighted by Gasteiger charge is 2.30. The van der Waals surface area contributed by atoms with Gasteiger partial charge < -0.3 is 31.5 Å². The zero-order valence-electron chi connectivity index (χ0n) is 24.1. The number of nitrogens with two attached hydrogens (primary N) is 1. The summed E-state index contributed by atoms with van der Waals surface area (Å²) in [6.07, 6.45) is 0.385. The Balaban J connectivity index is 1.70. The van der Waals surface area contributed by atoms with E-state index in [0.29, 0.717) is 52.0 Å². The van der Waals surface area contributed by atoms with E-state index in [1.165, 1.54) is 0 Å². The molecule has 10 nitrogen and oxygen atoms in total. The van der Waals surface area contributed by atoms with Crippen LogP contribution in [0.1, 0.15) is 37.8 Å². The minimum absolute atomic E-state index is 0.0973. The first kappa shape index (κ1) is 32.2. The molecule has 0 aliphatic carbocycles. The molecule has 1 heterocycles. The second-order valence-electron chi connectivity index (χ2n) is 11.0. The van der Waals surface area contributed by atoms with Crippen molar-refractivity contribution < 1.29 is 24.2 Å². The fourth-order valence-electron chi connectivity index (χ4n) is 4.81. The Morgan fingerprint density at radius 3 is 2.05 bits per heavy atom. The van der Waals surface area contributed by atoms with Crippen molar-refractivity contribution in [3.05, 3.63) is 71.8 Å². The molecule has 224 valence electrons. The van der Waals surface area contributed by atoms with Crippen LogP contribution in [0.3, 0.4) is 0 Å². The third kappa shape index (κ3) is 11.6. The molecule has 3 amide bonds. The lowest BCUT2D eigenvalue weighted by atomic mass is 9.99. The number of morpholine rings is 1. The standard InChI is InChI=1S/C31H45N5O5/c1-22(2)19-27(31(40)34-26(29(32)38)20-24-11-7-4-8-12-24)35-30(39)25(14-13-23-9-5-3-6-10-23)33-28(37)21-36-15-17-41-18-16-36/h3-12,22,25-27,29,38H,13-21,32H2,1-2H3,(H,33,37)(H,34,40)(H,35,39)/t25-,26-,27-,29?/m0/s1. The lowest BCUT2D eigenvalue weighted by Gasteiger charge is -2.29. The average Bonchev–Trinajstić information content (AvgIpc) is 2.95. The van der Waals surface area contributed by atoms with Gasteiger partial charge in [0, 0.05) is 13.1 Å². The molecule has 1 fully saturated rings. The molecule has 1 aliphatic heterocycles. The number of benzene rings is 2. The summed E-state index contributed by atoms with van der Waals surface area (Å²) in [4.78, 5) is 41.9. The number of amides is 3. The van der Waals surface area contributed by atoms with E-state index in [1.807, 2.05) is 79.4 Å². The minimum atomic E-state index is -1.28. The number of nitrogens with zero attached hydrogens (tertiary/aromatic N) is 1. The number of nitrogens with one attached hydrogen (secondary N) is 3. The first-order chi connectivity index (χ1) is 19.7. The third-order valence-corrected chi connectivity index (χ3v) is 7.07. The van der Waals surface area contributed by atoms with Gasteiger partial charge in [-0.15, -0.1) is 0 Å². The third-order valence-electron chi connectivity index (χ3n) is 7.07. The van der Waals surface area contributed by atoms with Gasteiger partial charge in [0.25, 0.3) is 0 Å². The maximum Gasteiger partial charge on any atom is 0.243 e. The molecule has 1 saturated heterocycles. The molecule has 1 unspecified atom stereocenters. The van der Waals surface area contributed by atoms with Crippen LogP contribution in [0.15, 0.2) is 60.7 Å². The summed E-state index contributed by atoms with van der Waals surface area (Å²) in [5, 5.41) is 18.8. The predicted molar refractivity (Wildman–Crippen MR) is 158 cm³/mol. The Kier molecular flexibility index (Phi) is 13.2. The average molecular weight is 568 g/mol. The molecule has 6 N–H and O–H groups in total. The van der Waals surface area contributed by atoms with Gasteiger partial charge in [-0.3, -0.25) is 19.3 Å². The Labute approximate surface area is 243 Å². The van der Waals surface area contributed by atoms with Crippen molar-refractivity contribution >= 4 is 17.7 Å². The van der Waals surface area contributed by atoms with Gasteiger partial charge in [-0.05, 0) is 42.7 Å². The van der Waals surface area contributed by atoms with Gasteiger partial charge in [-0.1, -0.05) is 74.5 Å². The molecule has 2 aromatic carbocycles. The van der Waals surface area contributed by atoms with E-state index in [1.54, 1.807) is 0 Å². The van der Waals surface area contributed by atoms with Crippen molar-refractivity contribution in [3.63, 3.8) is 0 Å². The Bertz CT molecular complexity index is 1080. The van der Waals surface area contributed by atoms with Crippen LogP contribution in [0.25, 0.3) is 0 Å². The molecule has 0 radical (unpaired) electrons. The van der Waals surface area contributed by atoms with Crippen molar-refractivity contribution in [2.24, 2.45) is 11.7 Å². The molecular weight excluding hydrogens is 522 g/mol. The number of ether oxygens (including phenoxy) is 1. The second-order valence-corrected chi connectivity index (χ2v) is 11.0. The van der Waals surface area contributed by atoms with Gasteiger partial charge >= 0.3 is 0 Å². The number of aliphatic hydroxyl groups is 1. The topological polar surface area (TPSA) is 146 Å². The Morgan fingerprint density at radius 1 is 0.878 bits per heavy atom. The molecule has 10 heteroatoms. The van der Waals surface area contributed by atoms with E-state index in [0.717, 1.165) is 11.1 Å². The maximum absolute atomic E-state index is 13.6. The van der Waals surface area contributed by atoms with Crippen LogP contribution in [-0.2, 0) is 32.0 Å². The number of aryl methyl sites for hydroxylation is 1. The molecule has 41 heavy (non-hydrogen) atoms. The SMILES string of the molecule is CC(C)C[C@H](NC(=O)[C@H](CCc1ccccc1)NC(=O)CN1CCOCC1)C(=O)N[C@@H](Cc1ccccc1)C(N)O. The summed E-state index contributed by atoms with van der Waals surface area (Å²) in [7, 11) is 0. The van der Waals surface area contributed by atoms with Crippen molar-refractivity contribution in [1.82, 2.24) is 20.9 Å². The first-order valence-electron chi connectivity index (χ1n) is 14.4. The fraction of sp³-hybridized carbons (Fsp3) is 0.516. The van der Waals surface area contributed by atoms with E-state index >= 15 is 0 Å². The fourth-order valence-corrected chi connectivity index (χ4v) is 4.81. The Morgan fingerprint density at radius 2 is 1.46 bits per heavy atom. The zero-order valence-corrected chi connectivity index (χ0v) is 24.1. The lowest BCUT2D eigenvalue weighted by molar-refractivity contribution is -0.133. The summed E-state index contributed by atoms with van der Waals surface area (Å²) in [6, 6.07) is 16.7. The lowest BCUT2D eigenvalue weighted by Crippen LogP contribution is -2.58. The largest absolute Gasteiger partial charge is 0.379 e. The van der Waals surface area contributed by atoms with E-state index in [-0.39, 0.29) is 18.4 Å². The highest BCUT2D eigenvalue weighted by Crippen LogP contribution is 2.11. The maximum atomic E-state index is 13.6. The van der Waals surface area contributed by atoms with E-state index in [4.69, 9.17) is 10.5 Å². The summed E-state index contributed by atoms with van der Waals surface area (Å²) in [6.45, 7) is 6.54. The van der Waals surface area contributed by atoms with Crippen molar-refractivity contribution in [1.29, 1.82) is 0 Å². The number of hydrogen-bond donors (Lipinski definition) is 5. The van der Waals surface area contributed by atoms with E-state index in [9.17, 15) is 19.5 Å². The minimum Gasteiger partial charge on any atom is -0.379 e. The monoisotopic (exact) mass is 567 g/mol. The van der Waals surface area contributed by atoms with Crippen LogP contribution in [0.4, 0.5) is 0 Å². The number of aliphatic hydroxyl groups excluding tert-OH is 1. The van der Waals surface area contributed by atoms with Gasteiger partial charge in [0.15, 0.2) is 0 Å². The molecule has 4 atom stereocenters. The summed E-state index contributed by atoms with van der Waals surface area (Å²) < 4.78 is 5.36. The number of rotatable bonds is 15. The van der Waals surface area contributed by atoms with Crippen LogP contribution in [0.2, 0.25) is 0 Å². The van der Waals surface area contributed by atoms with Gasteiger partial charge in [0.05, 0.1) is 25.8 Å². The highest BCUT2D eigenvalue weighted by molar-refractivity contribution is 5.92. The first-order valence-corrected chi connectivity index (χ1v) is 14.4. The summed E-state index contributed by atoms with van der Waals surface area (Å²) in [5.41, 5.74) is 7.76. The Hall–Kier alpha value is -3.31. The number of hydrogen-bond acceptors (Lipinski definition) is 7. The van der Waals surface area contributed by atoms with Gasteiger partial charge in [-0.25, -0.2) is 0 Å². The van der Waals surface area contributed by atoms with Crippen LogP contribution in [0, 0.1) is 5.92 Å². The van der Waals surface area contributed by atoms with Crippen molar-refractivity contribution in [3.8, 4) is 0 Å². The van der Waals surface area contributed by atoms with Crippen LogP contribution in [0.5, 0.6) is 0 Å². The van der Waals surface area contributed by atoms with Crippen LogP contribution >= 0.6 is 0 Å². The number of carbonyl (C=O) groups is 3. The van der Waals surface area contributed by atoms with Gasteiger partial charge in [-0.2, -0.15) is 0 Å². The van der Waals surface area contributed by atoms with Gasteiger partial charge in [0.2, 0.25) is 17.7 Å². The van der Waals surface area contributed by atoms with Crippen LogP contribution < -0.4 is 21.7 Å². The summed E-state index contributed by atoms with van der Waals surface area (Å²) >= 11 is 0. The highest BCUT2D eigenvalue weighted by atomic mass is 16.5. The molecule has 0 aromatic heterocycles. The normalized spacial score (nSPS) is 16.8. The van der Waals surface area contributed by atoms with Crippen LogP contribution in [-0.4, -0.2) is 84.9 Å². The second kappa shape index (κ2) is 16.8. The zero-order chi connectivity index (χ0) is 29.6. The smallest absolute Gasteiger partial charge is 0.243 e. The van der Waals surface area contributed by atoms with Crippen molar-refractivity contribution in [2.45, 2.75) is 63.9 Å². The van der Waals surface area contributed by atoms with Crippen molar-refractivity contribution in [2.75, 3.05) is 32.8 Å². The molecule has 1 aliphatic rings. The molecule has 3 rings (SSSR count). The molecule has 0 spiro atoms. The number of carbonyl (C=O) groups excluding carboxylic acids is 3. The molecule has 0 saturated carbocycles. The van der Waals surface area contributed by atoms with E-state index in [2.05, 4.69) is 16.0 Å². The molecule has 2 aromatic rings. The molecule has 0 bridgehead atoms. The summed E-state index contributed by atoms with van der Waals surface area (Å²) in [5.74, 6) is -1.01. The van der Waals surface area contributed by atoms with E-state index < -0.39 is 36.2 Å². The van der Waals surface area contributed by atoms with Gasteiger partial charge in [0.1, 0.15) is 18.3 Å².